The summed E-state index contributed by atoms with van der Waals surface area (Å²) in [6.07, 6.45) is 3.71. The molecule has 1 aromatic carbocycles. The monoisotopic (exact) mass is 515 g/mol. The van der Waals surface area contributed by atoms with E-state index in [4.69, 9.17) is 9.63 Å². The van der Waals surface area contributed by atoms with Crippen molar-refractivity contribution in [3.05, 3.63) is 77.2 Å². The first kappa shape index (κ1) is 26.6. The quantitative estimate of drug-likeness (QED) is 0.450. The van der Waals surface area contributed by atoms with E-state index in [0.29, 0.717) is 12.0 Å². The maximum atomic E-state index is 14.0. The molecule has 0 spiro atoms. The van der Waals surface area contributed by atoms with Crippen LogP contribution >= 0.6 is 0 Å². The fraction of sp³-hybridized carbons (Fsp3) is 0.370. The number of aliphatic hydroxyl groups excluding tert-OH is 1. The number of allylic oxidation sites excluding steroid dienone is 8. The molecule has 0 amide bonds. The van der Waals surface area contributed by atoms with Gasteiger partial charge in [-0.2, -0.15) is 18.2 Å². The fourth-order valence-electron chi connectivity index (χ4n) is 4.69. The molecule has 0 saturated heterocycles. The van der Waals surface area contributed by atoms with E-state index in [1.54, 1.807) is 30.3 Å². The maximum Gasteiger partial charge on any atom is 0.413 e. The van der Waals surface area contributed by atoms with Crippen molar-refractivity contribution >= 4 is 11.5 Å². The predicted octanol–water partition coefficient (Wildman–Crippen LogP) is 5.07. The second kappa shape index (κ2) is 10.9. The smallest absolute Gasteiger partial charge is 0.413 e. The van der Waals surface area contributed by atoms with Crippen LogP contribution in [0.3, 0.4) is 0 Å². The summed E-state index contributed by atoms with van der Waals surface area (Å²) in [6.45, 7) is 3.47. The lowest BCUT2D eigenvalue weighted by atomic mass is 9.73. The molecule has 0 radical (unpaired) electrons. The molecule has 0 fully saturated rings. The Hall–Kier alpha value is -3.50. The van der Waals surface area contributed by atoms with Crippen molar-refractivity contribution in [3.8, 4) is 11.4 Å². The van der Waals surface area contributed by atoms with Crippen LogP contribution in [0.1, 0.15) is 38.1 Å². The number of aliphatic carboxylic acids is 1. The zero-order valence-corrected chi connectivity index (χ0v) is 20.4. The highest BCUT2D eigenvalue weighted by Crippen LogP contribution is 2.45. The molecule has 2 aliphatic rings. The second-order valence-electron chi connectivity index (χ2n) is 9.34. The Morgan fingerprint density at radius 1 is 1.22 bits per heavy atom. The number of rotatable bonds is 8. The largest absolute Gasteiger partial charge is 0.480 e. The minimum atomic E-state index is -4.48. The SMILES string of the molecule is CC1=CC=CCC1C1CC=C(c2nc(-c3ccc(CN[C@H](C(=O)O)[C@@H](C)O)cc3)no2)C=C1C(F)(F)F. The highest BCUT2D eigenvalue weighted by molar-refractivity contribution is 5.74. The van der Waals surface area contributed by atoms with Crippen LogP contribution in [0.5, 0.6) is 0 Å². The summed E-state index contributed by atoms with van der Waals surface area (Å²) in [7, 11) is 0. The molecule has 4 rings (SSSR count). The Morgan fingerprint density at radius 3 is 2.57 bits per heavy atom. The number of aromatic nitrogens is 2. The van der Waals surface area contributed by atoms with Gasteiger partial charge in [0.2, 0.25) is 5.82 Å². The van der Waals surface area contributed by atoms with Crippen molar-refractivity contribution < 1.29 is 32.7 Å². The van der Waals surface area contributed by atoms with E-state index in [-0.39, 0.29) is 36.2 Å². The van der Waals surface area contributed by atoms with Crippen LogP contribution in [0, 0.1) is 11.8 Å². The van der Waals surface area contributed by atoms with E-state index >= 15 is 0 Å². The van der Waals surface area contributed by atoms with Gasteiger partial charge >= 0.3 is 12.1 Å². The van der Waals surface area contributed by atoms with Gasteiger partial charge in [-0.3, -0.25) is 10.1 Å². The molecular formula is C27H28F3N3O4. The minimum absolute atomic E-state index is 0.0120. The molecule has 1 aromatic heterocycles. The molecule has 7 nitrogen and oxygen atoms in total. The van der Waals surface area contributed by atoms with Gasteiger partial charge in [-0.15, -0.1) is 0 Å². The topological polar surface area (TPSA) is 108 Å². The average molecular weight is 516 g/mol. The van der Waals surface area contributed by atoms with Gasteiger partial charge < -0.3 is 14.7 Å². The number of hydrogen-bond acceptors (Lipinski definition) is 6. The molecule has 2 aromatic rings. The molecule has 0 bridgehead atoms. The molecule has 10 heteroatoms. The lowest BCUT2D eigenvalue weighted by molar-refractivity contribution is -0.142. The Balaban J connectivity index is 1.49. The molecule has 0 aliphatic heterocycles. The number of aliphatic hydroxyl groups is 1. The van der Waals surface area contributed by atoms with Crippen molar-refractivity contribution in [3.63, 3.8) is 0 Å². The maximum absolute atomic E-state index is 14.0. The van der Waals surface area contributed by atoms with Gasteiger partial charge in [-0.25, -0.2) is 0 Å². The predicted molar refractivity (Wildman–Crippen MR) is 131 cm³/mol. The van der Waals surface area contributed by atoms with Crippen molar-refractivity contribution in [2.24, 2.45) is 11.8 Å². The van der Waals surface area contributed by atoms with Crippen LogP contribution < -0.4 is 5.32 Å². The zero-order valence-electron chi connectivity index (χ0n) is 20.4. The lowest BCUT2D eigenvalue weighted by Crippen LogP contribution is -2.44. The highest BCUT2D eigenvalue weighted by atomic mass is 19.4. The average Bonchev–Trinajstić information content (AvgIpc) is 3.34. The third-order valence-electron chi connectivity index (χ3n) is 6.74. The number of halogens is 3. The molecule has 0 saturated carbocycles. The first-order valence-electron chi connectivity index (χ1n) is 11.9. The standard InChI is InChI=1S/C27H28F3N3O4/c1-15-5-3-4-6-20(15)21-12-11-19(13-22(21)27(28,29)30)25-32-24(33-37-25)18-9-7-17(8-10-18)14-31-23(16(2)34)26(35)36/h3-5,7-11,13,16,20-21,23,31,34H,6,12,14H2,1-2H3,(H,35,36)/t16-,20?,21?,23+/m1/s1. The molecule has 2 aliphatic carbocycles. The minimum Gasteiger partial charge on any atom is -0.480 e. The molecule has 4 atom stereocenters. The number of carboxylic acids is 1. The van der Waals surface area contributed by atoms with E-state index < -0.39 is 35.8 Å². The third-order valence-corrected chi connectivity index (χ3v) is 6.74. The van der Waals surface area contributed by atoms with Crippen LogP contribution in [-0.2, 0) is 11.3 Å². The van der Waals surface area contributed by atoms with Gasteiger partial charge in [0.05, 0.1) is 6.10 Å². The van der Waals surface area contributed by atoms with E-state index in [0.717, 1.165) is 17.2 Å². The summed E-state index contributed by atoms with van der Waals surface area (Å²) in [5.74, 6) is -1.81. The van der Waals surface area contributed by atoms with E-state index in [2.05, 4.69) is 15.5 Å². The van der Waals surface area contributed by atoms with Crippen LogP contribution in [-0.4, -0.2) is 44.6 Å². The van der Waals surface area contributed by atoms with Gasteiger partial charge in [0.25, 0.3) is 5.89 Å². The van der Waals surface area contributed by atoms with Gasteiger partial charge in [0, 0.05) is 23.3 Å². The van der Waals surface area contributed by atoms with Crippen molar-refractivity contribution in [1.82, 2.24) is 15.5 Å². The molecular weight excluding hydrogens is 487 g/mol. The van der Waals surface area contributed by atoms with E-state index in [1.165, 1.54) is 6.92 Å². The number of nitrogens with one attached hydrogen (secondary N) is 1. The summed E-state index contributed by atoms with van der Waals surface area (Å²) in [4.78, 5) is 15.5. The van der Waals surface area contributed by atoms with Gasteiger partial charge in [0.1, 0.15) is 6.04 Å². The summed E-state index contributed by atoms with van der Waals surface area (Å²) < 4.78 is 47.4. The number of nitrogens with zero attached hydrogens (tertiary/aromatic N) is 2. The fourth-order valence-corrected chi connectivity index (χ4v) is 4.69. The molecule has 3 N–H and O–H groups in total. The Bertz CT molecular complexity index is 1260. The Kier molecular flexibility index (Phi) is 7.79. The van der Waals surface area contributed by atoms with E-state index in [9.17, 15) is 23.1 Å². The zero-order chi connectivity index (χ0) is 26.7. The highest BCUT2D eigenvalue weighted by Gasteiger charge is 2.43. The van der Waals surface area contributed by atoms with Crippen molar-refractivity contribution in [1.29, 1.82) is 0 Å². The Morgan fingerprint density at radius 2 is 1.95 bits per heavy atom. The molecule has 37 heavy (non-hydrogen) atoms. The van der Waals surface area contributed by atoms with Gasteiger partial charge in [0.15, 0.2) is 0 Å². The number of benzene rings is 1. The van der Waals surface area contributed by atoms with Crippen LogP contribution in [0.4, 0.5) is 13.2 Å². The third kappa shape index (κ3) is 6.08. The molecule has 2 unspecified atom stereocenters. The summed E-state index contributed by atoms with van der Waals surface area (Å²) in [5, 5.41) is 25.4. The summed E-state index contributed by atoms with van der Waals surface area (Å²) >= 11 is 0. The Labute approximate surface area is 212 Å². The first-order chi connectivity index (χ1) is 17.5. The van der Waals surface area contributed by atoms with Gasteiger partial charge in [-0.05, 0) is 50.2 Å². The van der Waals surface area contributed by atoms with Crippen LogP contribution in [0.2, 0.25) is 0 Å². The van der Waals surface area contributed by atoms with Crippen LogP contribution in [0.15, 0.2) is 70.3 Å². The normalized spacial score (nSPS) is 21.6. The van der Waals surface area contributed by atoms with E-state index in [1.807, 2.05) is 25.2 Å². The number of carboxylic acid groups (broad SMARTS) is 1. The number of alkyl halides is 3. The summed E-state index contributed by atoms with van der Waals surface area (Å²) in [5.41, 5.74) is 1.94. The summed E-state index contributed by atoms with van der Waals surface area (Å²) in [6, 6.07) is 5.78. The number of carbonyl (C=O) groups is 1. The van der Waals surface area contributed by atoms with Crippen molar-refractivity contribution in [2.45, 2.75) is 51.6 Å². The lowest BCUT2D eigenvalue weighted by Gasteiger charge is -2.33. The van der Waals surface area contributed by atoms with Gasteiger partial charge in [-0.1, -0.05) is 59.3 Å². The van der Waals surface area contributed by atoms with Crippen LogP contribution in [0.25, 0.3) is 17.0 Å². The molecule has 196 valence electrons. The second-order valence-corrected chi connectivity index (χ2v) is 9.34. The first-order valence-corrected chi connectivity index (χ1v) is 11.9. The molecule has 1 heterocycles. The number of hydrogen-bond donors (Lipinski definition) is 3. The van der Waals surface area contributed by atoms with Crippen molar-refractivity contribution in [2.75, 3.05) is 0 Å².